The van der Waals surface area contributed by atoms with Crippen LogP contribution in [0.25, 0.3) is 11.4 Å². The number of carbonyl (C=O) groups excluding carboxylic acids is 1. The number of amides is 1. The second kappa shape index (κ2) is 6.59. The van der Waals surface area contributed by atoms with Crippen molar-refractivity contribution in [2.24, 2.45) is 30.5 Å². The normalized spacial score (nSPS) is 28.6. The van der Waals surface area contributed by atoms with Gasteiger partial charge in [0.15, 0.2) is 5.82 Å². The largest absolute Gasteiger partial charge is 0.327 e. The number of nitrogens with zero attached hydrogens (tertiary/aromatic N) is 3. The molecule has 0 spiro atoms. The van der Waals surface area contributed by atoms with E-state index in [4.69, 9.17) is 5.73 Å². The quantitative estimate of drug-likeness (QED) is 0.900. The van der Waals surface area contributed by atoms with Crippen molar-refractivity contribution in [2.45, 2.75) is 38.1 Å². The van der Waals surface area contributed by atoms with Gasteiger partial charge in [-0.25, -0.2) is 0 Å². The van der Waals surface area contributed by atoms with E-state index in [0.717, 1.165) is 29.9 Å². The van der Waals surface area contributed by atoms with Crippen LogP contribution in [0.15, 0.2) is 30.6 Å². The number of aryl methyl sites for hydroxylation is 1. The highest BCUT2D eigenvalue weighted by molar-refractivity contribution is 5.93. The maximum atomic E-state index is 12.8. The Morgan fingerprint density at radius 1 is 1.28 bits per heavy atom. The van der Waals surface area contributed by atoms with Gasteiger partial charge in [0.25, 0.3) is 0 Å². The standard InChI is InChI=1S/C19H25N5O/c1-24-11-21-23-18(24)14-6-3-7-16(10-14)22-19(25)15-8-12-4-2-5-13(9-15)17(12)20/h3,6-7,10-13,15,17H,2,4-5,8-9,20H2,1H3,(H,22,25). The Hall–Kier alpha value is -2.21. The molecule has 2 aliphatic carbocycles. The van der Waals surface area contributed by atoms with Crippen LogP contribution >= 0.6 is 0 Å². The van der Waals surface area contributed by atoms with Crippen molar-refractivity contribution in [3.63, 3.8) is 0 Å². The number of nitrogens with one attached hydrogen (secondary N) is 1. The molecule has 3 N–H and O–H groups in total. The van der Waals surface area contributed by atoms with Crippen LogP contribution in [0.2, 0.25) is 0 Å². The van der Waals surface area contributed by atoms with Crippen LogP contribution in [-0.2, 0) is 11.8 Å². The monoisotopic (exact) mass is 339 g/mol. The Kier molecular flexibility index (Phi) is 4.29. The van der Waals surface area contributed by atoms with Crippen molar-refractivity contribution >= 4 is 11.6 Å². The molecule has 2 aliphatic rings. The van der Waals surface area contributed by atoms with E-state index in [1.54, 1.807) is 6.33 Å². The summed E-state index contributed by atoms with van der Waals surface area (Å²) in [7, 11) is 1.91. The van der Waals surface area contributed by atoms with Gasteiger partial charge in [-0.15, -0.1) is 10.2 Å². The van der Waals surface area contributed by atoms with Crippen LogP contribution < -0.4 is 11.1 Å². The first-order chi connectivity index (χ1) is 12.1. The fourth-order valence-corrected chi connectivity index (χ4v) is 4.53. The van der Waals surface area contributed by atoms with Gasteiger partial charge in [0.1, 0.15) is 6.33 Å². The minimum Gasteiger partial charge on any atom is -0.327 e. The van der Waals surface area contributed by atoms with Crippen LogP contribution in [0.4, 0.5) is 5.69 Å². The molecule has 2 fully saturated rings. The van der Waals surface area contributed by atoms with Crippen molar-refractivity contribution < 1.29 is 4.79 Å². The SMILES string of the molecule is Cn1cnnc1-c1cccc(NC(=O)C2CC3CCCC(C2)C3N)c1. The number of nitrogens with two attached hydrogens (primary N) is 1. The lowest BCUT2D eigenvalue weighted by molar-refractivity contribution is -0.122. The van der Waals surface area contributed by atoms with E-state index in [0.29, 0.717) is 11.8 Å². The average Bonchev–Trinajstić information content (AvgIpc) is 3.01. The Morgan fingerprint density at radius 3 is 2.72 bits per heavy atom. The number of hydrogen-bond donors (Lipinski definition) is 2. The molecule has 4 rings (SSSR count). The molecule has 2 aromatic rings. The summed E-state index contributed by atoms with van der Waals surface area (Å²) >= 11 is 0. The summed E-state index contributed by atoms with van der Waals surface area (Å²) in [5.41, 5.74) is 8.10. The predicted molar refractivity (Wildman–Crippen MR) is 96.6 cm³/mol. The molecule has 25 heavy (non-hydrogen) atoms. The van der Waals surface area contributed by atoms with Gasteiger partial charge in [0.05, 0.1) is 0 Å². The Balaban J connectivity index is 1.47. The molecule has 1 aromatic heterocycles. The highest BCUT2D eigenvalue weighted by Crippen LogP contribution is 2.42. The molecule has 2 unspecified atom stereocenters. The summed E-state index contributed by atoms with van der Waals surface area (Å²) in [5.74, 6) is 2.00. The third-order valence-corrected chi connectivity index (χ3v) is 5.88. The summed E-state index contributed by atoms with van der Waals surface area (Å²) in [5, 5.41) is 11.1. The topological polar surface area (TPSA) is 85.8 Å². The van der Waals surface area contributed by atoms with E-state index in [2.05, 4.69) is 15.5 Å². The second-order valence-electron chi connectivity index (χ2n) is 7.53. The first-order valence-electron chi connectivity index (χ1n) is 9.12. The minimum atomic E-state index is 0.0774. The van der Waals surface area contributed by atoms with Gasteiger partial charge in [-0.3, -0.25) is 4.79 Å². The lowest BCUT2D eigenvalue weighted by Crippen LogP contribution is -2.48. The van der Waals surface area contributed by atoms with Crippen LogP contribution in [0.3, 0.4) is 0 Å². The number of anilines is 1. The lowest BCUT2D eigenvalue weighted by Gasteiger charge is -2.43. The molecule has 132 valence electrons. The molecule has 0 aliphatic heterocycles. The maximum absolute atomic E-state index is 12.8. The van der Waals surface area contributed by atoms with E-state index in [1.807, 2.05) is 35.9 Å². The van der Waals surface area contributed by atoms with Gasteiger partial charge < -0.3 is 15.6 Å². The average molecular weight is 339 g/mol. The first-order valence-corrected chi connectivity index (χ1v) is 9.12. The highest BCUT2D eigenvalue weighted by Gasteiger charge is 2.40. The van der Waals surface area contributed by atoms with Gasteiger partial charge in [-0.2, -0.15) is 0 Å². The predicted octanol–water partition coefficient (Wildman–Crippen LogP) is 2.57. The van der Waals surface area contributed by atoms with Crippen LogP contribution in [0.5, 0.6) is 0 Å². The molecular weight excluding hydrogens is 314 g/mol. The molecule has 2 saturated carbocycles. The summed E-state index contributed by atoms with van der Waals surface area (Å²) < 4.78 is 1.87. The van der Waals surface area contributed by atoms with E-state index in [9.17, 15) is 4.79 Å². The summed E-state index contributed by atoms with van der Waals surface area (Å²) in [6, 6.07) is 8.08. The molecule has 2 bridgehead atoms. The van der Waals surface area contributed by atoms with Gasteiger partial charge in [-0.05, 0) is 49.7 Å². The number of fused-ring (bicyclic) bond motifs is 2. The van der Waals surface area contributed by atoms with E-state index < -0.39 is 0 Å². The molecule has 1 heterocycles. The molecular formula is C19H25N5O. The van der Waals surface area contributed by atoms with E-state index in [-0.39, 0.29) is 17.9 Å². The maximum Gasteiger partial charge on any atom is 0.227 e. The van der Waals surface area contributed by atoms with Gasteiger partial charge in [-0.1, -0.05) is 18.6 Å². The Labute approximate surface area is 147 Å². The summed E-state index contributed by atoms with van der Waals surface area (Å²) in [6.07, 6.45) is 7.12. The fourth-order valence-electron chi connectivity index (χ4n) is 4.53. The van der Waals surface area contributed by atoms with E-state index in [1.165, 1.54) is 19.3 Å². The Morgan fingerprint density at radius 2 is 2.04 bits per heavy atom. The van der Waals surface area contributed by atoms with Crippen molar-refractivity contribution in [1.82, 2.24) is 14.8 Å². The first kappa shape index (κ1) is 16.3. The van der Waals surface area contributed by atoms with Gasteiger partial charge in [0, 0.05) is 30.3 Å². The zero-order chi connectivity index (χ0) is 17.4. The van der Waals surface area contributed by atoms with E-state index >= 15 is 0 Å². The summed E-state index contributed by atoms with van der Waals surface area (Å²) in [6.45, 7) is 0. The summed E-state index contributed by atoms with van der Waals surface area (Å²) in [4.78, 5) is 12.8. The third-order valence-electron chi connectivity index (χ3n) is 5.88. The highest BCUT2D eigenvalue weighted by atomic mass is 16.1. The van der Waals surface area contributed by atoms with Crippen molar-refractivity contribution in [3.8, 4) is 11.4 Å². The number of hydrogen-bond acceptors (Lipinski definition) is 4. The molecule has 2 atom stereocenters. The molecule has 0 saturated heterocycles. The van der Waals surface area contributed by atoms with Crippen LogP contribution in [0.1, 0.15) is 32.1 Å². The molecule has 0 radical (unpaired) electrons. The minimum absolute atomic E-state index is 0.0774. The zero-order valence-corrected chi connectivity index (χ0v) is 14.6. The van der Waals surface area contributed by atoms with Crippen molar-refractivity contribution in [2.75, 3.05) is 5.32 Å². The van der Waals surface area contributed by atoms with Gasteiger partial charge in [0.2, 0.25) is 5.91 Å². The zero-order valence-electron chi connectivity index (χ0n) is 14.6. The molecule has 6 nitrogen and oxygen atoms in total. The number of carbonyl (C=O) groups is 1. The molecule has 6 heteroatoms. The molecule has 1 aromatic carbocycles. The number of aromatic nitrogens is 3. The third kappa shape index (κ3) is 3.18. The lowest BCUT2D eigenvalue weighted by atomic mass is 9.65. The fraction of sp³-hybridized carbons (Fsp3) is 0.526. The smallest absolute Gasteiger partial charge is 0.227 e. The van der Waals surface area contributed by atoms with Crippen molar-refractivity contribution in [1.29, 1.82) is 0 Å². The Bertz CT molecular complexity index is 757. The van der Waals surface area contributed by atoms with Gasteiger partial charge >= 0.3 is 0 Å². The molecule has 1 amide bonds. The number of benzene rings is 1. The second-order valence-corrected chi connectivity index (χ2v) is 7.53. The van der Waals surface area contributed by atoms with Crippen molar-refractivity contribution in [3.05, 3.63) is 30.6 Å². The van der Waals surface area contributed by atoms with Crippen LogP contribution in [0, 0.1) is 17.8 Å². The number of rotatable bonds is 3. The van der Waals surface area contributed by atoms with Crippen LogP contribution in [-0.4, -0.2) is 26.7 Å².